The largest absolute Gasteiger partial charge is 0.493 e. The molecule has 0 aromatic heterocycles. The van der Waals surface area contributed by atoms with Gasteiger partial charge in [-0.15, -0.1) is 0 Å². The van der Waals surface area contributed by atoms with Crippen LogP contribution in [0.4, 0.5) is 0 Å². The molecule has 0 amide bonds. The summed E-state index contributed by atoms with van der Waals surface area (Å²) in [7, 11) is 3.04. The molecule has 0 spiro atoms. The highest BCUT2D eigenvalue weighted by atomic mass is 35.5. The average molecular weight is 589 g/mol. The highest BCUT2D eigenvalue weighted by Gasteiger charge is 2.23. The van der Waals surface area contributed by atoms with Crippen molar-refractivity contribution in [2.75, 3.05) is 66.7 Å². The summed E-state index contributed by atoms with van der Waals surface area (Å²) >= 11 is 6.27. The predicted molar refractivity (Wildman–Crippen MR) is 157 cm³/mol. The molecule has 3 atom stereocenters. The number of hydrogen-bond acceptors (Lipinski definition) is 9. The number of rotatable bonds is 4. The van der Waals surface area contributed by atoms with Crippen molar-refractivity contribution in [3.8, 4) is 17.2 Å². The Balaban J connectivity index is 1.53. The minimum absolute atomic E-state index is 0.288. The maximum absolute atomic E-state index is 13.2. The summed E-state index contributed by atoms with van der Waals surface area (Å²) in [4.78, 5) is 30.9. The summed E-state index contributed by atoms with van der Waals surface area (Å²) in [5.74, 6) is 0.391. The summed E-state index contributed by atoms with van der Waals surface area (Å²) < 4.78 is 28.7. The van der Waals surface area contributed by atoms with Crippen LogP contribution in [0.5, 0.6) is 17.2 Å². The molecular weight excluding hydrogens is 548 g/mol. The average Bonchev–Trinajstić information content (AvgIpc) is 3.21. The number of esters is 2. The maximum atomic E-state index is 13.2. The van der Waals surface area contributed by atoms with E-state index in [9.17, 15) is 9.59 Å². The van der Waals surface area contributed by atoms with Crippen LogP contribution in [-0.4, -0.2) is 94.5 Å². The summed E-state index contributed by atoms with van der Waals surface area (Å²) in [6.45, 7) is 8.10. The van der Waals surface area contributed by atoms with E-state index in [2.05, 4.69) is 9.80 Å². The van der Waals surface area contributed by atoms with Crippen LogP contribution in [0.15, 0.2) is 30.3 Å². The third-order valence-electron chi connectivity index (χ3n) is 7.67. The zero-order chi connectivity index (χ0) is 29.2. The fraction of sp³-hybridized carbons (Fsp3) is 0.548. The van der Waals surface area contributed by atoms with Crippen molar-refractivity contribution in [3.05, 3.63) is 52.0 Å². The second-order valence-corrected chi connectivity index (χ2v) is 10.9. The van der Waals surface area contributed by atoms with Gasteiger partial charge in [-0.1, -0.05) is 17.7 Å². The first kappa shape index (κ1) is 30.9. The lowest BCUT2D eigenvalue weighted by Gasteiger charge is -2.25. The number of methoxy groups -OCH3 is 2. The molecule has 2 aromatic carbocycles. The molecule has 2 heterocycles. The van der Waals surface area contributed by atoms with Gasteiger partial charge in [0.25, 0.3) is 0 Å². The molecule has 4 rings (SSSR count). The van der Waals surface area contributed by atoms with Gasteiger partial charge in [-0.25, -0.2) is 9.59 Å². The molecule has 2 aromatic rings. The van der Waals surface area contributed by atoms with Gasteiger partial charge in [0.15, 0.2) is 11.5 Å². The van der Waals surface area contributed by atoms with E-state index >= 15 is 0 Å². The Hall–Kier alpha value is -3.01. The van der Waals surface area contributed by atoms with Crippen LogP contribution >= 0.6 is 11.6 Å². The number of hydrogen-bond donors (Lipinski definition) is 0. The van der Waals surface area contributed by atoms with Crippen LogP contribution in [0.3, 0.4) is 0 Å². The van der Waals surface area contributed by atoms with E-state index < -0.39 is 5.97 Å². The van der Waals surface area contributed by atoms with Crippen molar-refractivity contribution in [2.45, 2.75) is 45.1 Å². The van der Waals surface area contributed by atoms with E-state index in [4.69, 9.17) is 35.3 Å². The first-order valence-electron chi connectivity index (χ1n) is 14.4. The monoisotopic (exact) mass is 588 g/mol. The van der Waals surface area contributed by atoms with Crippen LogP contribution < -0.4 is 14.2 Å². The molecule has 0 aliphatic carbocycles. The standard InChI is InChI=1S/C31H41ClN2O7/c1-22-25(9-4-10-26(22)32)31(36)41-24-8-5-18-39-28-21-23(20-27(37-2)29(28)38-3)30(35)40-19-7-14-33-12-6-13-34(15-11-24)17-16-33/h4,9-10,20-21,24H,5-8,11-19H2,1-3H3. The molecule has 41 heavy (non-hydrogen) atoms. The van der Waals surface area contributed by atoms with Crippen molar-refractivity contribution in [1.82, 2.24) is 9.80 Å². The molecule has 9 nitrogen and oxygen atoms in total. The Morgan fingerprint density at radius 1 is 0.902 bits per heavy atom. The lowest BCUT2D eigenvalue weighted by Crippen LogP contribution is -2.34. The first-order chi connectivity index (χ1) is 19.9. The summed E-state index contributed by atoms with van der Waals surface area (Å²) in [6, 6.07) is 8.51. The van der Waals surface area contributed by atoms with Crippen molar-refractivity contribution in [1.29, 1.82) is 0 Å². The molecule has 10 heteroatoms. The summed E-state index contributed by atoms with van der Waals surface area (Å²) in [5, 5.41) is 0.540. The van der Waals surface area contributed by atoms with Crippen molar-refractivity contribution >= 4 is 23.5 Å². The van der Waals surface area contributed by atoms with Crippen LogP contribution in [-0.2, 0) is 9.47 Å². The lowest BCUT2D eigenvalue weighted by molar-refractivity contribution is 0.0221. The summed E-state index contributed by atoms with van der Waals surface area (Å²) in [5.41, 5.74) is 1.53. The Kier molecular flexibility index (Phi) is 11.5. The number of cyclic esters (lactones) is 1. The molecule has 4 bridgehead atoms. The smallest absolute Gasteiger partial charge is 0.338 e. The Labute approximate surface area is 247 Å². The zero-order valence-corrected chi connectivity index (χ0v) is 25.0. The fourth-order valence-corrected chi connectivity index (χ4v) is 5.46. The van der Waals surface area contributed by atoms with Gasteiger partial charge < -0.3 is 33.5 Å². The topological polar surface area (TPSA) is 86.8 Å². The third kappa shape index (κ3) is 8.50. The minimum Gasteiger partial charge on any atom is -0.493 e. The van der Waals surface area contributed by atoms with Crippen molar-refractivity contribution in [2.24, 2.45) is 0 Å². The molecule has 2 aliphatic rings. The van der Waals surface area contributed by atoms with E-state index in [0.29, 0.717) is 65.0 Å². The van der Waals surface area contributed by atoms with Crippen LogP contribution in [0.1, 0.15) is 58.4 Å². The molecule has 1 fully saturated rings. The van der Waals surface area contributed by atoms with E-state index in [1.807, 2.05) is 6.92 Å². The normalized spacial score (nSPS) is 22.6. The molecule has 224 valence electrons. The van der Waals surface area contributed by atoms with E-state index in [1.54, 1.807) is 30.3 Å². The van der Waals surface area contributed by atoms with E-state index in [-0.39, 0.29) is 12.1 Å². The van der Waals surface area contributed by atoms with Gasteiger partial charge >= 0.3 is 11.9 Å². The molecular formula is C31H41ClN2O7. The number of carbonyl (C=O) groups is 2. The van der Waals surface area contributed by atoms with Gasteiger partial charge in [0.05, 0.1) is 38.6 Å². The van der Waals surface area contributed by atoms with Crippen LogP contribution in [0.2, 0.25) is 5.02 Å². The quantitative estimate of drug-likeness (QED) is 0.458. The van der Waals surface area contributed by atoms with Crippen molar-refractivity contribution in [3.63, 3.8) is 0 Å². The van der Waals surface area contributed by atoms with Gasteiger partial charge in [0.2, 0.25) is 5.75 Å². The Morgan fingerprint density at radius 3 is 2.39 bits per heavy atom. The minimum atomic E-state index is -0.431. The summed E-state index contributed by atoms with van der Waals surface area (Å²) in [6.07, 6.45) is 3.49. The Bertz CT molecular complexity index is 1190. The number of benzene rings is 2. The van der Waals surface area contributed by atoms with E-state index in [0.717, 1.165) is 58.5 Å². The van der Waals surface area contributed by atoms with Gasteiger partial charge in [-0.2, -0.15) is 0 Å². The highest BCUT2D eigenvalue weighted by Crippen LogP contribution is 2.39. The van der Waals surface area contributed by atoms with Crippen molar-refractivity contribution < 1.29 is 33.3 Å². The second kappa shape index (κ2) is 15.3. The fourth-order valence-electron chi connectivity index (χ4n) is 5.29. The Morgan fingerprint density at radius 2 is 1.63 bits per heavy atom. The maximum Gasteiger partial charge on any atom is 0.338 e. The number of nitrogens with zero attached hydrogens (tertiary/aromatic N) is 2. The van der Waals surface area contributed by atoms with Crippen LogP contribution in [0.25, 0.3) is 0 Å². The van der Waals surface area contributed by atoms with E-state index in [1.165, 1.54) is 14.2 Å². The molecule has 0 N–H and O–H groups in total. The number of carbonyl (C=O) groups excluding carboxylic acids is 2. The van der Waals surface area contributed by atoms with Gasteiger partial charge in [-0.05, 0) is 81.9 Å². The number of halogens is 1. The first-order valence-corrected chi connectivity index (χ1v) is 14.7. The van der Waals surface area contributed by atoms with Gasteiger partial charge in [-0.3, -0.25) is 0 Å². The molecule has 1 saturated heterocycles. The lowest BCUT2D eigenvalue weighted by atomic mass is 10.1. The van der Waals surface area contributed by atoms with Gasteiger partial charge in [0.1, 0.15) is 6.10 Å². The third-order valence-corrected chi connectivity index (χ3v) is 8.08. The molecule has 0 saturated carbocycles. The SMILES string of the molecule is COc1cc2cc(c1OC)OCCCC(OC(=O)c1cccc(Cl)c1C)CCN1CCCN(CCCOC2=O)CC1. The number of fused-ring (bicyclic) bond motifs is 5. The van der Waals surface area contributed by atoms with Crippen LogP contribution in [0, 0.1) is 6.92 Å². The van der Waals surface area contributed by atoms with Gasteiger partial charge in [0, 0.05) is 31.2 Å². The predicted octanol–water partition coefficient (Wildman–Crippen LogP) is 5.01. The second-order valence-electron chi connectivity index (χ2n) is 10.5. The molecule has 2 aliphatic heterocycles. The highest BCUT2D eigenvalue weighted by molar-refractivity contribution is 6.31. The zero-order valence-electron chi connectivity index (χ0n) is 24.3. The molecule has 3 unspecified atom stereocenters. The molecule has 0 radical (unpaired) electrons. The number of ether oxygens (including phenoxy) is 5.